The number of hydrogen-bond acceptors (Lipinski definition) is 4. The summed E-state index contributed by atoms with van der Waals surface area (Å²) in [4.78, 5) is 37.3. The lowest BCUT2D eigenvalue weighted by Gasteiger charge is -2.49. The van der Waals surface area contributed by atoms with E-state index in [0.717, 1.165) is 11.1 Å². The van der Waals surface area contributed by atoms with Crippen LogP contribution in [0.5, 0.6) is 0 Å². The average molecular weight is 458 g/mol. The number of hydrogen-bond donors (Lipinski definition) is 2. The molecule has 1 aromatic rings. The van der Waals surface area contributed by atoms with Gasteiger partial charge in [0.2, 0.25) is 5.91 Å². The number of carbonyl (C=O) groups excluding carboxylic acids is 2. The Bertz CT molecular complexity index is 722. The molecule has 2 aliphatic rings. The maximum Gasteiger partial charge on any atom is 0.352 e. The first-order valence-corrected chi connectivity index (χ1v) is 9.89. The minimum Gasteiger partial charge on any atom is -0.477 e. The molecule has 0 aromatic heterocycles. The number of halogens is 1. The third-order valence-electron chi connectivity index (χ3n) is 3.94. The van der Waals surface area contributed by atoms with E-state index in [1.165, 1.54) is 16.7 Å². The highest BCUT2D eigenvalue weighted by atomic mass is 127. The fraction of sp³-hybridized carbons (Fsp3) is 0.312. The molecule has 0 bridgehead atoms. The fourth-order valence-corrected chi connectivity index (χ4v) is 5.13. The van der Waals surface area contributed by atoms with Gasteiger partial charge in [-0.25, -0.2) is 4.79 Å². The monoisotopic (exact) mass is 458 g/mol. The van der Waals surface area contributed by atoms with Gasteiger partial charge in [0.15, 0.2) is 0 Å². The van der Waals surface area contributed by atoms with E-state index in [0.29, 0.717) is 10.2 Å². The van der Waals surface area contributed by atoms with Crippen LogP contribution in [0.25, 0.3) is 0 Å². The van der Waals surface area contributed by atoms with E-state index >= 15 is 0 Å². The molecule has 6 nitrogen and oxygen atoms in total. The maximum atomic E-state index is 12.4. The van der Waals surface area contributed by atoms with Gasteiger partial charge in [-0.3, -0.25) is 14.5 Å². The van der Waals surface area contributed by atoms with Crippen molar-refractivity contribution in [1.82, 2.24) is 10.2 Å². The molecule has 2 atom stereocenters. The Kier molecular flexibility index (Phi) is 5.14. The second kappa shape index (κ2) is 7.14. The number of nitrogens with one attached hydrogen (secondary N) is 1. The van der Waals surface area contributed by atoms with Crippen LogP contribution < -0.4 is 5.32 Å². The third kappa shape index (κ3) is 3.16. The molecular formula is C16H15IN2O4S. The summed E-state index contributed by atoms with van der Waals surface area (Å²) < 4.78 is 0.563. The van der Waals surface area contributed by atoms with Crippen LogP contribution in [0.1, 0.15) is 5.56 Å². The summed E-state index contributed by atoms with van der Waals surface area (Å²) in [6, 6.07) is 8.62. The zero-order valence-corrected chi connectivity index (χ0v) is 15.5. The number of benzene rings is 1. The molecule has 2 aliphatic heterocycles. The largest absolute Gasteiger partial charge is 0.477 e. The van der Waals surface area contributed by atoms with Crippen molar-refractivity contribution in [2.75, 3.05) is 10.2 Å². The number of rotatable bonds is 5. The molecule has 0 radical (unpaired) electrons. The van der Waals surface area contributed by atoms with Crippen LogP contribution >= 0.6 is 34.4 Å². The number of nitrogens with zero attached hydrogens (tertiary/aromatic N) is 1. The number of alkyl halides is 1. The van der Waals surface area contributed by atoms with Crippen LogP contribution in [-0.4, -0.2) is 49.4 Å². The molecule has 2 heterocycles. The molecule has 2 amide bonds. The van der Waals surface area contributed by atoms with Crippen molar-refractivity contribution in [2.24, 2.45) is 0 Å². The Balaban J connectivity index is 1.69. The second-order valence-electron chi connectivity index (χ2n) is 5.51. The first kappa shape index (κ1) is 17.3. The van der Waals surface area contributed by atoms with Gasteiger partial charge < -0.3 is 10.4 Å². The van der Waals surface area contributed by atoms with Crippen LogP contribution in [0.4, 0.5) is 0 Å². The number of carboxylic acids is 1. The Labute approximate surface area is 156 Å². The highest BCUT2D eigenvalue weighted by molar-refractivity contribution is 14.1. The predicted molar refractivity (Wildman–Crippen MR) is 98.7 cm³/mol. The van der Waals surface area contributed by atoms with Crippen molar-refractivity contribution < 1.29 is 19.5 Å². The summed E-state index contributed by atoms with van der Waals surface area (Å²) in [7, 11) is 0. The molecule has 3 rings (SSSR count). The Hall–Kier alpha value is -1.55. The van der Waals surface area contributed by atoms with Gasteiger partial charge in [-0.1, -0.05) is 52.9 Å². The number of thioether (sulfide) groups is 1. The maximum absolute atomic E-state index is 12.4. The number of amides is 2. The summed E-state index contributed by atoms with van der Waals surface area (Å²) in [5.41, 5.74) is 1.69. The van der Waals surface area contributed by atoms with E-state index in [1.807, 2.05) is 30.3 Å². The van der Waals surface area contributed by atoms with Gasteiger partial charge >= 0.3 is 5.97 Å². The van der Waals surface area contributed by atoms with E-state index in [1.54, 1.807) is 0 Å². The van der Waals surface area contributed by atoms with Gasteiger partial charge in [-0.05, 0) is 11.1 Å². The van der Waals surface area contributed by atoms with Crippen molar-refractivity contribution in [2.45, 2.75) is 17.8 Å². The van der Waals surface area contributed by atoms with E-state index in [2.05, 4.69) is 27.9 Å². The number of carboxylic acid groups (broad SMARTS) is 1. The number of fused-ring (bicyclic) bond motifs is 1. The summed E-state index contributed by atoms with van der Waals surface area (Å²) in [5.74, 6) is -1.12. The van der Waals surface area contributed by atoms with E-state index in [-0.39, 0.29) is 29.3 Å². The molecule has 8 heteroatoms. The van der Waals surface area contributed by atoms with Gasteiger partial charge in [0.05, 0.1) is 6.42 Å². The lowest BCUT2D eigenvalue weighted by Crippen LogP contribution is -2.70. The number of β-lactam (4-membered cyclic amide) rings is 1. The Morgan fingerprint density at radius 3 is 2.67 bits per heavy atom. The highest BCUT2D eigenvalue weighted by Crippen LogP contribution is 2.40. The molecule has 0 saturated carbocycles. The van der Waals surface area contributed by atoms with Crippen molar-refractivity contribution in [3.63, 3.8) is 0 Å². The molecule has 1 aromatic carbocycles. The van der Waals surface area contributed by atoms with E-state index in [9.17, 15) is 19.5 Å². The zero-order chi connectivity index (χ0) is 17.3. The van der Waals surface area contributed by atoms with Crippen LogP contribution in [0.3, 0.4) is 0 Å². The highest BCUT2D eigenvalue weighted by Gasteiger charge is 2.53. The van der Waals surface area contributed by atoms with Crippen molar-refractivity contribution in [1.29, 1.82) is 0 Å². The van der Waals surface area contributed by atoms with Gasteiger partial charge in [0.1, 0.15) is 17.1 Å². The molecule has 1 unspecified atom stereocenters. The van der Waals surface area contributed by atoms with Crippen LogP contribution in [0.15, 0.2) is 41.6 Å². The van der Waals surface area contributed by atoms with E-state index < -0.39 is 12.0 Å². The fourth-order valence-electron chi connectivity index (χ4n) is 2.79. The van der Waals surface area contributed by atoms with Gasteiger partial charge in [0, 0.05) is 10.2 Å². The molecular weight excluding hydrogens is 443 g/mol. The lowest BCUT2D eigenvalue weighted by molar-refractivity contribution is -0.150. The standard InChI is InChI=1S/C16H15IN2O4S/c17-7-10-8-24-15-12(14(21)19(15)13(10)16(22)23)18-11(20)6-9-4-2-1-3-5-9/h1-5,12,15H,6-8H2,(H,18,20)(H,22,23)/t12?,15-/m0/s1. The molecule has 0 aliphatic carbocycles. The smallest absolute Gasteiger partial charge is 0.352 e. The van der Waals surface area contributed by atoms with Crippen LogP contribution in [0.2, 0.25) is 0 Å². The number of aliphatic carboxylic acids is 1. The Morgan fingerprint density at radius 1 is 1.33 bits per heavy atom. The quantitative estimate of drug-likeness (QED) is 0.396. The summed E-state index contributed by atoms with van der Waals surface area (Å²) in [5, 5.41) is 11.8. The first-order chi connectivity index (χ1) is 11.5. The van der Waals surface area contributed by atoms with Gasteiger partial charge in [0.25, 0.3) is 5.91 Å². The van der Waals surface area contributed by atoms with Gasteiger partial charge in [-0.15, -0.1) is 11.8 Å². The summed E-state index contributed by atoms with van der Waals surface area (Å²) in [6.45, 7) is 0. The SMILES string of the molecule is O=C(Cc1ccccc1)NC1C(=O)N2C(C(=O)O)=C(CI)CS[C@@H]12. The minimum atomic E-state index is -1.09. The van der Waals surface area contributed by atoms with Crippen molar-refractivity contribution >= 4 is 52.1 Å². The molecule has 24 heavy (non-hydrogen) atoms. The molecule has 126 valence electrons. The molecule has 1 saturated heterocycles. The molecule has 2 N–H and O–H groups in total. The van der Waals surface area contributed by atoms with Gasteiger partial charge in [-0.2, -0.15) is 0 Å². The Morgan fingerprint density at radius 2 is 2.04 bits per heavy atom. The van der Waals surface area contributed by atoms with Crippen LogP contribution in [-0.2, 0) is 20.8 Å². The molecule has 1 fully saturated rings. The zero-order valence-electron chi connectivity index (χ0n) is 12.6. The second-order valence-corrected chi connectivity index (χ2v) is 7.38. The first-order valence-electron chi connectivity index (χ1n) is 7.32. The summed E-state index contributed by atoms with van der Waals surface area (Å²) in [6.07, 6.45) is 0.197. The lowest BCUT2D eigenvalue weighted by atomic mass is 10.0. The van der Waals surface area contributed by atoms with Crippen molar-refractivity contribution in [3.05, 3.63) is 47.2 Å². The summed E-state index contributed by atoms with van der Waals surface area (Å²) >= 11 is 3.59. The topological polar surface area (TPSA) is 86.7 Å². The third-order valence-corrected chi connectivity index (χ3v) is 6.20. The normalized spacial score (nSPS) is 22.7. The van der Waals surface area contributed by atoms with Crippen LogP contribution in [0, 0.1) is 0 Å². The molecule has 0 spiro atoms. The van der Waals surface area contributed by atoms with E-state index in [4.69, 9.17) is 0 Å². The minimum absolute atomic E-state index is 0.0757. The average Bonchev–Trinajstić information content (AvgIpc) is 2.58. The number of carbonyl (C=O) groups is 3. The van der Waals surface area contributed by atoms with Crippen molar-refractivity contribution in [3.8, 4) is 0 Å². The predicted octanol–water partition coefficient (Wildman–Crippen LogP) is 1.40.